The van der Waals surface area contributed by atoms with Crippen molar-refractivity contribution in [1.82, 2.24) is 9.97 Å². The van der Waals surface area contributed by atoms with Crippen molar-refractivity contribution in [3.05, 3.63) is 88.8 Å². The molecular weight excluding hydrogens is 336 g/mol. The molecule has 5 rings (SSSR count). The first kappa shape index (κ1) is 15.8. The van der Waals surface area contributed by atoms with Crippen LogP contribution in [0.1, 0.15) is 41.4 Å². The van der Waals surface area contributed by atoms with Crippen molar-refractivity contribution in [3.63, 3.8) is 0 Å². The van der Waals surface area contributed by atoms with Gasteiger partial charge in [0.1, 0.15) is 0 Å². The van der Waals surface area contributed by atoms with Gasteiger partial charge in [-0.25, -0.2) is 4.99 Å². The summed E-state index contributed by atoms with van der Waals surface area (Å²) in [6.07, 6.45) is 11.9. The zero-order valence-corrected chi connectivity index (χ0v) is 15.1. The molecule has 0 atom stereocenters. The van der Waals surface area contributed by atoms with Crippen LogP contribution in [-0.2, 0) is 5.41 Å². The van der Waals surface area contributed by atoms with E-state index in [2.05, 4.69) is 28.8 Å². The number of carbonyl (C=O) groups excluding carboxylic acids is 1. The first-order valence-corrected chi connectivity index (χ1v) is 8.90. The SMILES string of the molecule is CC1(C)C2=N/C(=C\C3=NC(=C\c4ccc([nH]4)C(=O)c4ccc1[nH]4)/C=C3)C=C2. The van der Waals surface area contributed by atoms with Crippen molar-refractivity contribution in [3.8, 4) is 0 Å². The average Bonchev–Trinajstić information content (AvgIpc) is 3.42. The Balaban J connectivity index is 1.69. The third-order valence-electron chi connectivity index (χ3n) is 5.14. The number of nitrogens with one attached hydrogen (secondary N) is 2. The first-order valence-electron chi connectivity index (χ1n) is 8.90. The van der Waals surface area contributed by atoms with Crippen molar-refractivity contribution < 1.29 is 4.79 Å². The lowest BCUT2D eigenvalue weighted by atomic mass is 9.84. The van der Waals surface area contributed by atoms with Gasteiger partial charge in [0.25, 0.3) is 0 Å². The molecule has 0 aromatic carbocycles. The molecule has 3 aliphatic rings. The second-order valence-electron chi connectivity index (χ2n) is 7.41. The van der Waals surface area contributed by atoms with E-state index in [0.717, 1.165) is 34.2 Å². The Labute approximate surface area is 156 Å². The van der Waals surface area contributed by atoms with E-state index in [9.17, 15) is 4.79 Å². The highest BCUT2D eigenvalue weighted by atomic mass is 16.1. The lowest BCUT2D eigenvalue weighted by molar-refractivity contribution is 0.103. The standard InChI is InChI=1S/C22H18N4O/c1-22(2)19-9-6-16(25-19)12-14-4-3-13(23-14)11-15-5-7-17(24-15)21(27)18-8-10-20(22)26-18/h3-12,24,26H,1-2H3/b13-11-,16-12-. The number of fused-ring (bicyclic) bond motifs is 6. The van der Waals surface area contributed by atoms with E-state index >= 15 is 0 Å². The lowest BCUT2D eigenvalue weighted by Crippen LogP contribution is -2.27. The van der Waals surface area contributed by atoms with E-state index in [4.69, 9.17) is 4.99 Å². The molecule has 3 aliphatic heterocycles. The van der Waals surface area contributed by atoms with E-state index in [0.29, 0.717) is 11.4 Å². The Hall–Kier alpha value is -3.47. The van der Waals surface area contributed by atoms with Gasteiger partial charge >= 0.3 is 0 Å². The summed E-state index contributed by atoms with van der Waals surface area (Å²) in [5, 5.41) is 0. The number of rotatable bonds is 0. The molecule has 132 valence electrons. The van der Waals surface area contributed by atoms with Gasteiger partial charge in [-0.3, -0.25) is 9.79 Å². The van der Waals surface area contributed by atoms with E-state index in [1.54, 1.807) is 6.07 Å². The summed E-state index contributed by atoms with van der Waals surface area (Å²) < 4.78 is 0. The number of nitrogens with zero attached hydrogens (tertiary/aromatic N) is 2. The molecule has 0 fully saturated rings. The molecule has 5 heteroatoms. The normalized spacial score (nSPS) is 23.6. The highest BCUT2D eigenvalue weighted by Crippen LogP contribution is 2.30. The van der Waals surface area contributed by atoms with Crippen LogP contribution in [0.3, 0.4) is 0 Å². The Morgan fingerprint density at radius 2 is 1.56 bits per heavy atom. The molecule has 0 radical (unpaired) electrons. The summed E-state index contributed by atoms with van der Waals surface area (Å²) in [6.45, 7) is 4.20. The predicted molar refractivity (Wildman–Crippen MR) is 107 cm³/mol. The molecule has 5 nitrogen and oxygen atoms in total. The summed E-state index contributed by atoms with van der Waals surface area (Å²) in [4.78, 5) is 28.7. The largest absolute Gasteiger partial charge is 0.355 e. The third kappa shape index (κ3) is 2.59. The van der Waals surface area contributed by atoms with Gasteiger partial charge in [0.05, 0.1) is 34.2 Å². The topological polar surface area (TPSA) is 73.4 Å². The molecule has 0 saturated heterocycles. The van der Waals surface area contributed by atoms with Gasteiger partial charge < -0.3 is 9.97 Å². The molecule has 0 spiro atoms. The quantitative estimate of drug-likeness (QED) is 0.734. The maximum absolute atomic E-state index is 12.8. The van der Waals surface area contributed by atoms with Gasteiger partial charge in [0.15, 0.2) is 0 Å². The zero-order chi connectivity index (χ0) is 18.6. The van der Waals surface area contributed by atoms with Crippen LogP contribution in [0, 0.1) is 0 Å². The summed E-state index contributed by atoms with van der Waals surface area (Å²) in [5.74, 6) is -0.0653. The number of H-pyrrole nitrogens is 2. The van der Waals surface area contributed by atoms with Gasteiger partial charge in [-0.05, 0) is 74.6 Å². The molecule has 0 aliphatic carbocycles. The predicted octanol–water partition coefficient (Wildman–Crippen LogP) is 4.11. The van der Waals surface area contributed by atoms with E-state index in [-0.39, 0.29) is 11.2 Å². The number of carbonyl (C=O) groups is 1. The second kappa shape index (κ2) is 5.51. The zero-order valence-electron chi connectivity index (χ0n) is 15.1. The maximum Gasteiger partial charge on any atom is 0.225 e. The number of aliphatic imine (C=N–C) groups is 2. The van der Waals surface area contributed by atoms with E-state index in [1.807, 2.05) is 54.7 Å². The Morgan fingerprint density at radius 1 is 0.815 bits per heavy atom. The Morgan fingerprint density at radius 3 is 2.44 bits per heavy atom. The fourth-order valence-electron chi connectivity index (χ4n) is 3.48. The van der Waals surface area contributed by atoms with Crippen LogP contribution >= 0.6 is 0 Å². The average molecular weight is 354 g/mol. The van der Waals surface area contributed by atoms with Crippen molar-refractivity contribution in [2.75, 3.05) is 0 Å². The molecule has 5 heterocycles. The fraction of sp³-hybridized carbons (Fsp3) is 0.136. The van der Waals surface area contributed by atoms with E-state index < -0.39 is 0 Å². The van der Waals surface area contributed by atoms with Crippen molar-refractivity contribution in [2.45, 2.75) is 19.3 Å². The van der Waals surface area contributed by atoms with Crippen LogP contribution in [-0.4, -0.2) is 27.2 Å². The number of ketones is 1. The monoisotopic (exact) mass is 354 g/mol. The molecule has 2 aromatic heterocycles. The minimum Gasteiger partial charge on any atom is -0.355 e. The molecule has 2 N–H and O–H groups in total. The number of allylic oxidation sites excluding steroid dienone is 5. The summed E-state index contributed by atoms with van der Waals surface area (Å²) >= 11 is 0. The Kier molecular flexibility index (Phi) is 3.22. The highest BCUT2D eigenvalue weighted by Gasteiger charge is 2.30. The van der Waals surface area contributed by atoms with Crippen molar-refractivity contribution in [1.29, 1.82) is 0 Å². The molecule has 0 unspecified atom stereocenters. The molecule has 8 bridgehead atoms. The third-order valence-corrected chi connectivity index (χ3v) is 5.14. The minimum atomic E-state index is -0.346. The van der Waals surface area contributed by atoms with Crippen LogP contribution in [0.2, 0.25) is 0 Å². The van der Waals surface area contributed by atoms with Crippen LogP contribution in [0.5, 0.6) is 0 Å². The van der Waals surface area contributed by atoms with Crippen LogP contribution in [0.25, 0.3) is 6.08 Å². The summed E-state index contributed by atoms with van der Waals surface area (Å²) in [5.41, 5.74) is 6.08. The molecule has 0 amide bonds. The first-order chi connectivity index (χ1) is 13.0. The van der Waals surface area contributed by atoms with Gasteiger partial charge in [0, 0.05) is 16.8 Å². The van der Waals surface area contributed by atoms with Crippen molar-refractivity contribution >= 4 is 23.3 Å². The number of hydrogen-bond acceptors (Lipinski definition) is 3. The Bertz CT molecular complexity index is 1160. The highest BCUT2D eigenvalue weighted by molar-refractivity contribution is 6.11. The summed E-state index contributed by atoms with van der Waals surface area (Å²) in [7, 11) is 0. The number of hydrogen-bond donors (Lipinski definition) is 2. The molecule has 0 saturated carbocycles. The van der Waals surface area contributed by atoms with Gasteiger partial charge in [0.2, 0.25) is 5.78 Å². The molecule has 2 aromatic rings. The fourth-order valence-corrected chi connectivity index (χ4v) is 3.48. The molecule has 27 heavy (non-hydrogen) atoms. The summed E-state index contributed by atoms with van der Waals surface area (Å²) in [6, 6.07) is 7.49. The number of aromatic amines is 2. The van der Waals surface area contributed by atoms with Crippen molar-refractivity contribution in [2.24, 2.45) is 9.98 Å². The lowest BCUT2D eigenvalue weighted by Gasteiger charge is -2.22. The number of aromatic nitrogens is 2. The van der Waals surface area contributed by atoms with Gasteiger partial charge in [-0.2, -0.15) is 0 Å². The van der Waals surface area contributed by atoms with Gasteiger partial charge in [-0.15, -0.1) is 0 Å². The van der Waals surface area contributed by atoms with Gasteiger partial charge in [-0.1, -0.05) is 0 Å². The van der Waals surface area contributed by atoms with Crippen LogP contribution in [0.15, 0.2) is 76.0 Å². The van der Waals surface area contributed by atoms with Crippen LogP contribution < -0.4 is 0 Å². The molecular formula is C22H18N4O. The minimum absolute atomic E-state index is 0.0653. The second-order valence-corrected chi connectivity index (χ2v) is 7.41. The van der Waals surface area contributed by atoms with E-state index in [1.165, 1.54) is 0 Å². The smallest absolute Gasteiger partial charge is 0.225 e. The van der Waals surface area contributed by atoms with Crippen LogP contribution in [0.4, 0.5) is 0 Å². The maximum atomic E-state index is 12.8.